The second-order valence-corrected chi connectivity index (χ2v) is 4.61. The lowest BCUT2D eigenvalue weighted by Crippen LogP contribution is -2.30. The van der Waals surface area contributed by atoms with E-state index >= 15 is 0 Å². The first kappa shape index (κ1) is 16.3. The van der Waals surface area contributed by atoms with Crippen LogP contribution in [0, 0.1) is 0 Å². The van der Waals surface area contributed by atoms with Gasteiger partial charge in [-0.15, -0.1) is 0 Å². The average Bonchev–Trinajstić information content (AvgIpc) is 2.46. The number of anilines is 1. The van der Waals surface area contributed by atoms with Crippen molar-refractivity contribution in [1.29, 1.82) is 0 Å². The molecule has 0 amide bonds. The Morgan fingerprint density at radius 2 is 2.20 bits per heavy atom. The average molecular weight is 297 g/mol. The van der Waals surface area contributed by atoms with Crippen LogP contribution >= 0.6 is 12.2 Å². The van der Waals surface area contributed by atoms with E-state index in [1.807, 2.05) is 11.0 Å². The van der Waals surface area contributed by atoms with Gasteiger partial charge in [-0.25, -0.2) is 9.78 Å². The topological polar surface area (TPSA) is 77.7 Å². The van der Waals surface area contributed by atoms with Crippen molar-refractivity contribution in [3.63, 3.8) is 0 Å². The molecule has 0 spiro atoms. The minimum atomic E-state index is -0.465. The highest BCUT2D eigenvalue weighted by molar-refractivity contribution is 7.80. The number of carbonyl (C=O) groups excluding carboxylic acids is 1. The van der Waals surface area contributed by atoms with Gasteiger partial charge >= 0.3 is 5.97 Å². The number of pyridine rings is 1. The quantitative estimate of drug-likeness (QED) is 0.566. The Kier molecular flexibility index (Phi) is 6.89. The molecule has 0 bridgehead atoms. The van der Waals surface area contributed by atoms with E-state index in [-0.39, 0.29) is 5.69 Å². The Bertz CT molecular complexity index is 468. The van der Waals surface area contributed by atoms with Crippen LogP contribution in [0.15, 0.2) is 18.3 Å². The van der Waals surface area contributed by atoms with Gasteiger partial charge in [0.2, 0.25) is 0 Å². The van der Waals surface area contributed by atoms with Crippen molar-refractivity contribution >= 4 is 28.9 Å². The van der Waals surface area contributed by atoms with Crippen LogP contribution in [-0.2, 0) is 9.47 Å². The number of methoxy groups -OCH3 is 2. The third kappa shape index (κ3) is 5.10. The number of aromatic nitrogens is 1. The molecule has 6 nitrogen and oxygen atoms in total. The predicted molar refractivity (Wildman–Crippen MR) is 81.1 cm³/mol. The van der Waals surface area contributed by atoms with Crippen molar-refractivity contribution in [1.82, 2.24) is 4.98 Å². The normalized spacial score (nSPS) is 10.1. The molecule has 0 radical (unpaired) electrons. The van der Waals surface area contributed by atoms with E-state index in [4.69, 9.17) is 22.7 Å². The minimum Gasteiger partial charge on any atom is -0.464 e. The molecule has 0 aliphatic heterocycles. The summed E-state index contributed by atoms with van der Waals surface area (Å²) in [5, 5.41) is 0. The molecule has 0 atom stereocenters. The zero-order valence-corrected chi connectivity index (χ0v) is 12.5. The highest BCUT2D eigenvalue weighted by Gasteiger charge is 2.12. The van der Waals surface area contributed by atoms with E-state index in [1.54, 1.807) is 19.4 Å². The van der Waals surface area contributed by atoms with Gasteiger partial charge in [0.15, 0.2) is 0 Å². The van der Waals surface area contributed by atoms with Gasteiger partial charge in [0.05, 0.1) is 18.7 Å². The van der Waals surface area contributed by atoms with Gasteiger partial charge in [-0.2, -0.15) is 0 Å². The number of esters is 1. The molecule has 20 heavy (non-hydrogen) atoms. The van der Waals surface area contributed by atoms with Crippen LogP contribution in [0.3, 0.4) is 0 Å². The summed E-state index contributed by atoms with van der Waals surface area (Å²) in [5.74, 6) is -0.465. The molecule has 1 heterocycles. The zero-order chi connectivity index (χ0) is 15.0. The molecular formula is C13H19N3O3S. The second-order valence-electron chi connectivity index (χ2n) is 4.09. The zero-order valence-electron chi connectivity index (χ0n) is 11.7. The number of hydrogen-bond donors (Lipinski definition) is 1. The number of nitrogens with two attached hydrogens (primary N) is 1. The minimum absolute atomic E-state index is 0.266. The molecule has 1 rings (SSSR count). The lowest BCUT2D eigenvalue weighted by atomic mass is 10.2. The number of thiocarbonyl (C=S) groups is 1. The second kappa shape index (κ2) is 8.44. The first-order valence-corrected chi connectivity index (χ1v) is 6.56. The van der Waals surface area contributed by atoms with Crippen LogP contribution in [0.25, 0.3) is 0 Å². The van der Waals surface area contributed by atoms with E-state index < -0.39 is 5.97 Å². The van der Waals surface area contributed by atoms with E-state index in [0.29, 0.717) is 31.1 Å². The first-order valence-electron chi connectivity index (χ1n) is 6.15. The molecule has 110 valence electrons. The van der Waals surface area contributed by atoms with Gasteiger partial charge in [-0.05, 0) is 12.1 Å². The van der Waals surface area contributed by atoms with Crippen LogP contribution < -0.4 is 10.6 Å². The Balaban J connectivity index is 2.88. The molecule has 7 heteroatoms. The Morgan fingerprint density at radius 1 is 1.45 bits per heavy atom. The molecule has 0 saturated heterocycles. The fourth-order valence-electron chi connectivity index (χ4n) is 1.65. The third-order valence-corrected chi connectivity index (χ3v) is 2.90. The van der Waals surface area contributed by atoms with E-state index in [1.165, 1.54) is 7.11 Å². The van der Waals surface area contributed by atoms with E-state index in [2.05, 4.69) is 9.72 Å². The molecule has 1 aromatic heterocycles. The maximum Gasteiger partial charge on any atom is 0.356 e. The lowest BCUT2D eigenvalue weighted by Gasteiger charge is -2.24. The molecule has 0 unspecified atom stereocenters. The van der Waals surface area contributed by atoms with Crippen LogP contribution in [-0.4, -0.2) is 49.9 Å². The summed E-state index contributed by atoms with van der Waals surface area (Å²) in [7, 11) is 2.96. The molecule has 0 aromatic carbocycles. The Morgan fingerprint density at radius 3 is 2.80 bits per heavy atom. The molecule has 0 saturated carbocycles. The molecule has 0 aliphatic rings. The van der Waals surface area contributed by atoms with Crippen molar-refractivity contribution < 1.29 is 14.3 Å². The molecule has 0 aliphatic carbocycles. The fraction of sp³-hybridized carbons (Fsp3) is 0.462. The number of nitrogens with zero attached hydrogens (tertiary/aromatic N) is 2. The summed E-state index contributed by atoms with van der Waals surface area (Å²) in [6.45, 7) is 1.89. The molecule has 1 aromatic rings. The summed E-state index contributed by atoms with van der Waals surface area (Å²) in [6, 6.07) is 3.50. The standard InChI is InChI=1S/C13H19N3O3S/c1-18-8-7-16(6-4-12(14)20)10-3-5-15-11(9-10)13(17)19-2/h3,5,9H,4,6-8H2,1-2H3,(H2,14,20). The third-order valence-electron chi connectivity index (χ3n) is 2.70. The smallest absolute Gasteiger partial charge is 0.356 e. The summed E-state index contributed by atoms with van der Waals surface area (Å²) >= 11 is 4.90. The van der Waals surface area contributed by atoms with Gasteiger partial charge < -0.3 is 20.1 Å². The highest BCUT2D eigenvalue weighted by atomic mass is 32.1. The van der Waals surface area contributed by atoms with Crippen molar-refractivity contribution in [2.24, 2.45) is 5.73 Å². The fourth-order valence-corrected chi connectivity index (χ4v) is 1.74. The van der Waals surface area contributed by atoms with Crippen LogP contribution in [0.1, 0.15) is 16.9 Å². The molecular weight excluding hydrogens is 278 g/mol. The summed E-state index contributed by atoms with van der Waals surface area (Å²) in [4.78, 5) is 18.0. The largest absolute Gasteiger partial charge is 0.464 e. The monoisotopic (exact) mass is 297 g/mol. The van der Waals surface area contributed by atoms with Crippen LogP contribution in [0.4, 0.5) is 5.69 Å². The van der Waals surface area contributed by atoms with Crippen molar-refractivity contribution in [2.75, 3.05) is 38.8 Å². The first-order chi connectivity index (χ1) is 9.58. The van der Waals surface area contributed by atoms with Gasteiger partial charge in [0.25, 0.3) is 0 Å². The number of rotatable bonds is 8. The number of hydrogen-bond acceptors (Lipinski definition) is 6. The van der Waals surface area contributed by atoms with Crippen molar-refractivity contribution in [2.45, 2.75) is 6.42 Å². The molecule has 2 N–H and O–H groups in total. The van der Waals surface area contributed by atoms with E-state index in [0.717, 1.165) is 5.69 Å². The van der Waals surface area contributed by atoms with Gasteiger partial charge in [0.1, 0.15) is 5.69 Å². The van der Waals surface area contributed by atoms with Crippen molar-refractivity contribution in [3.8, 4) is 0 Å². The summed E-state index contributed by atoms with van der Waals surface area (Å²) in [5.41, 5.74) is 6.66. The maximum atomic E-state index is 11.5. The maximum absolute atomic E-state index is 11.5. The van der Waals surface area contributed by atoms with Gasteiger partial charge in [-0.3, -0.25) is 0 Å². The number of carbonyl (C=O) groups is 1. The molecule has 0 fully saturated rings. The lowest BCUT2D eigenvalue weighted by molar-refractivity contribution is 0.0594. The predicted octanol–water partition coefficient (Wildman–Crippen LogP) is 0.997. The van der Waals surface area contributed by atoms with Gasteiger partial charge in [0, 0.05) is 38.5 Å². The van der Waals surface area contributed by atoms with Crippen LogP contribution in [0.2, 0.25) is 0 Å². The number of ether oxygens (including phenoxy) is 2. The highest BCUT2D eigenvalue weighted by Crippen LogP contribution is 2.15. The summed E-state index contributed by atoms with van der Waals surface area (Å²) in [6.07, 6.45) is 2.16. The van der Waals surface area contributed by atoms with Crippen LogP contribution in [0.5, 0.6) is 0 Å². The van der Waals surface area contributed by atoms with Crippen molar-refractivity contribution in [3.05, 3.63) is 24.0 Å². The van der Waals surface area contributed by atoms with Gasteiger partial charge in [-0.1, -0.05) is 12.2 Å². The Labute approximate surface area is 123 Å². The summed E-state index contributed by atoms with van der Waals surface area (Å²) < 4.78 is 9.75. The SMILES string of the molecule is COCCN(CCC(N)=S)c1ccnc(C(=O)OC)c1. The van der Waals surface area contributed by atoms with E-state index in [9.17, 15) is 4.79 Å². The Hall–Kier alpha value is -1.73.